The van der Waals surface area contributed by atoms with E-state index in [-0.39, 0.29) is 5.82 Å². The molecule has 4 aromatic heterocycles. The summed E-state index contributed by atoms with van der Waals surface area (Å²) in [6, 6.07) is 17.7. The number of rotatable bonds is 5. The maximum Gasteiger partial charge on any atom is 0.155 e. The number of pyridine rings is 2. The largest absolute Gasteiger partial charge is 0.382 e. The van der Waals surface area contributed by atoms with E-state index in [4.69, 9.17) is 0 Å². The van der Waals surface area contributed by atoms with Gasteiger partial charge in [-0.3, -0.25) is 10.1 Å². The van der Waals surface area contributed by atoms with Crippen molar-refractivity contribution < 1.29 is 4.39 Å². The van der Waals surface area contributed by atoms with Crippen LogP contribution < -0.4 is 5.32 Å². The average Bonchev–Trinajstić information content (AvgIpc) is 3.46. The highest BCUT2D eigenvalue weighted by atomic mass is 19.1. The minimum atomic E-state index is -0.239. The second-order valence-corrected chi connectivity index (χ2v) is 9.42. The fourth-order valence-corrected chi connectivity index (χ4v) is 4.70. The van der Waals surface area contributed by atoms with Crippen molar-refractivity contribution in [2.75, 3.05) is 5.32 Å². The quantitative estimate of drug-likeness (QED) is 0.248. The van der Waals surface area contributed by atoms with Gasteiger partial charge >= 0.3 is 0 Å². The molecule has 6 rings (SSSR count). The number of aryl methyl sites for hydroxylation is 1. The van der Waals surface area contributed by atoms with Crippen LogP contribution in [0.2, 0.25) is 0 Å². The maximum atomic E-state index is 14.1. The van der Waals surface area contributed by atoms with Crippen LogP contribution in [0.15, 0.2) is 73.2 Å². The van der Waals surface area contributed by atoms with Crippen molar-refractivity contribution >= 4 is 27.6 Å². The third-order valence-electron chi connectivity index (χ3n) is 6.22. The van der Waals surface area contributed by atoms with Gasteiger partial charge in [-0.25, -0.2) is 9.37 Å². The van der Waals surface area contributed by atoms with Gasteiger partial charge in [-0.1, -0.05) is 18.2 Å². The molecule has 6 aromatic rings. The highest BCUT2D eigenvalue weighted by molar-refractivity contribution is 6.01. The van der Waals surface area contributed by atoms with Crippen LogP contribution in [-0.2, 0) is 0 Å². The summed E-state index contributed by atoms with van der Waals surface area (Å²) < 4.78 is 14.1. The second kappa shape index (κ2) is 8.61. The molecule has 3 N–H and O–H groups in total. The van der Waals surface area contributed by atoms with Crippen LogP contribution in [-0.4, -0.2) is 31.2 Å². The molecule has 178 valence electrons. The fourth-order valence-electron chi connectivity index (χ4n) is 4.70. The molecule has 0 fully saturated rings. The van der Waals surface area contributed by atoms with Gasteiger partial charge in [-0.2, -0.15) is 5.10 Å². The number of anilines is 1. The second-order valence-electron chi connectivity index (χ2n) is 9.42. The van der Waals surface area contributed by atoms with Crippen molar-refractivity contribution in [1.29, 1.82) is 0 Å². The van der Waals surface area contributed by atoms with E-state index in [1.165, 1.54) is 6.07 Å². The average molecular weight is 477 g/mol. The molecule has 0 aliphatic rings. The lowest BCUT2D eigenvalue weighted by molar-refractivity contribution is 0.627. The molecule has 36 heavy (non-hydrogen) atoms. The zero-order valence-corrected chi connectivity index (χ0v) is 20.2. The molecule has 7 heteroatoms. The van der Waals surface area contributed by atoms with Gasteiger partial charge in [-0.15, -0.1) is 0 Å². The SMILES string of the molecule is Cc1cc(F)cc(-c2cccc3[nH]c(-c4n[nH]c5ncc(-c6cncc(NC(C)C)c6)cc45)cc23)c1. The summed E-state index contributed by atoms with van der Waals surface area (Å²) in [4.78, 5) is 12.5. The van der Waals surface area contributed by atoms with Crippen molar-refractivity contribution in [2.24, 2.45) is 0 Å². The summed E-state index contributed by atoms with van der Waals surface area (Å²) in [5, 5.41) is 12.9. The van der Waals surface area contributed by atoms with E-state index < -0.39 is 0 Å². The first kappa shape index (κ1) is 22.0. The van der Waals surface area contributed by atoms with Gasteiger partial charge in [0.05, 0.1) is 11.4 Å². The van der Waals surface area contributed by atoms with Gasteiger partial charge in [0, 0.05) is 52.0 Å². The topological polar surface area (TPSA) is 82.3 Å². The standard InChI is InChI=1S/C29H25FN6/c1-16(2)33-22-10-19(13-31-15-22)20-11-25-28(35-36-29(25)32-14-20)27-12-24-23(5-4-6-26(24)34-27)18-7-17(3)8-21(30)9-18/h4-16,33-34H,1-3H3,(H,32,35,36). The fraction of sp³-hybridized carbons (Fsp3) is 0.138. The normalized spacial score (nSPS) is 11.6. The first-order valence-electron chi connectivity index (χ1n) is 11.9. The molecule has 4 heterocycles. The van der Waals surface area contributed by atoms with E-state index in [0.29, 0.717) is 11.7 Å². The monoisotopic (exact) mass is 476 g/mol. The smallest absolute Gasteiger partial charge is 0.155 e. The Balaban J connectivity index is 1.45. The molecule has 0 saturated carbocycles. The number of aromatic nitrogens is 5. The predicted molar refractivity (Wildman–Crippen MR) is 143 cm³/mol. The van der Waals surface area contributed by atoms with E-state index in [1.807, 2.05) is 49.8 Å². The Morgan fingerprint density at radius 1 is 0.889 bits per heavy atom. The van der Waals surface area contributed by atoms with Crippen LogP contribution in [0.4, 0.5) is 10.1 Å². The van der Waals surface area contributed by atoms with Gasteiger partial charge in [-0.05, 0) is 73.9 Å². The Morgan fingerprint density at radius 2 is 1.75 bits per heavy atom. The van der Waals surface area contributed by atoms with E-state index in [2.05, 4.69) is 62.5 Å². The van der Waals surface area contributed by atoms with Gasteiger partial charge in [0.25, 0.3) is 0 Å². The van der Waals surface area contributed by atoms with Crippen molar-refractivity contribution in [3.05, 3.63) is 84.6 Å². The molecule has 0 amide bonds. The molecule has 0 atom stereocenters. The van der Waals surface area contributed by atoms with E-state index >= 15 is 0 Å². The number of nitrogens with one attached hydrogen (secondary N) is 3. The van der Waals surface area contributed by atoms with Crippen molar-refractivity contribution in [2.45, 2.75) is 26.8 Å². The number of aromatic amines is 2. The lowest BCUT2D eigenvalue weighted by atomic mass is 9.99. The maximum absolute atomic E-state index is 14.1. The Morgan fingerprint density at radius 3 is 2.58 bits per heavy atom. The van der Waals surface area contributed by atoms with E-state index in [9.17, 15) is 4.39 Å². The number of H-pyrrole nitrogens is 2. The molecule has 0 aliphatic carbocycles. The molecule has 0 aliphatic heterocycles. The summed E-state index contributed by atoms with van der Waals surface area (Å²) in [5.41, 5.74) is 8.91. The first-order valence-corrected chi connectivity index (χ1v) is 11.9. The number of halogens is 1. The van der Waals surface area contributed by atoms with Crippen molar-refractivity contribution in [3.63, 3.8) is 0 Å². The van der Waals surface area contributed by atoms with Gasteiger partial charge in [0.2, 0.25) is 0 Å². The molecular weight excluding hydrogens is 451 g/mol. The van der Waals surface area contributed by atoms with Crippen LogP contribution in [0.3, 0.4) is 0 Å². The Kier molecular flexibility index (Phi) is 5.25. The zero-order valence-electron chi connectivity index (χ0n) is 20.2. The van der Waals surface area contributed by atoms with Crippen LogP contribution in [0.1, 0.15) is 19.4 Å². The molecule has 6 nitrogen and oxygen atoms in total. The van der Waals surface area contributed by atoms with Gasteiger partial charge in [0.15, 0.2) is 5.65 Å². The number of nitrogens with zero attached hydrogens (tertiary/aromatic N) is 3. The summed E-state index contributed by atoms with van der Waals surface area (Å²) >= 11 is 0. The third-order valence-corrected chi connectivity index (χ3v) is 6.22. The molecule has 2 aromatic carbocycles. The third kappa shape index (κ3) is 3.98. The zero-order chi connectivity index (χ0) is 24.8. The van der Waals surface area contributed by atoms with Crippen molar-refractivity contribution in [1.82, 2.24) is 25.1 Å². The predicted octanol–water partition coefficient (Wildman–Crippen LogP) is 7.10. The Bertz CT molecular complexity index is 1710. The van der Waals surface area contributed by atoms with Crippen LogP contribution in [0.25, 0.3) is 55.6 Å². The Labute approximate surface area is 207 Å². The number of hydrogen-bond donors (Lipinski definition) is 3. The molecule has 0 radical (unpaired) electrons. The number of benzene rings is 2. The lowest BCUT2D eigenvalue weighted by Gasteiger charge is -2.10. The highest BCUT2D eigenvalue weighted by Gasteiger charge is 2.15. The molecule has 0 saturated heterocycles. The molecular formula is C29H25FN6. The number of fused-ring (bicyclic) bond motifs is 2. The molecule has 0 unspecified atom stereocenters. The summed E-state index contributed by atoms with van der Waals surface area (Å²) in [6.07, 6.45) is 5.49. The highest BCUT2D eigenvalue weighted by Crippen LogP contribution is 2.35. The van der Waals surface area contributed by atoms with E-state index in [1.54, 1.807) is 6.07 Å². The summed E-state index contributed by atoms with van der Waals surface area (Å²) in [6.45, 7) is 6.10. The van der Waals surface area contributed by atoms with Gasteiger partial charge < -0.3 is 10.3 Å². The van der Waals surface area contributed by atoms with Crippen LogP contribution >= 0.6 is 0 Å². The molecule has 0 spiro atoms. The van der Waals surface area contributed by atoms with Gasteiger partial charge in [0.1, 0.15) is 11.5 Å². The van der Waals surface area contributed by atoms with E-state index in [0.717, 1.165) is 61.2 Å². The minimum absolute atomic E-state index is 0.239. The summed E-state index contributed by atoms with van der Waals surface area (Å²) in [7, 11) is 0. The summed E-state index contributed by atoms with van der Waals surface area (Å²) in [5.74, 6) is -0.239. The minimum Gasteiger partial charge on any atom is -0.382 e. The lowest BCUT2D eigenvalue weighted by Crippen LogP contribution is -2.09. The van der Waals surface area contributed by atoms with Crippen molar-refractivity contribution in [3.8, 4) is 33.6 Å². The molecule has 0 bridgehead atoms. The van der Waals surface area contributed by atoms with Crippen LogP contribution in [0, 0.1) is 12.7 Å². The van der Waals surface area contributed by atoms with Crippen LogP contribution in [0.5, 0.6) is 0 Å². The number of hydrogen-bond acceptors (Lipinski definition) is 4. The first-order chi connectivity index (χ1) is 17.4. The Hall–Kier alpha value is -4.52.